The average Bonchev–Trinajstić information content (AvgIpc) is 2.56. The first-order valence-corrected chi connectivity index (χ1v) is 7.70. The minimum Gasteiger partial charge on any atom is -0.478 e. The highest BCUT2D eigenvalue weighted by Gasteiger charge is 2.51. The van der Waals surface area contributed by atoms with Crippen molar-refractivity contribution < 1.29 is 36.9 Å². The van der Waals surface area contributed by atoms with Crippen LogP contribution in [0.2, 0.25) is 0 Å². The van der Waals surface area contributed by atoms with Gasteiger partial charge in [0.05, 0.1) is 5.03 Å². The molecule has 142 valence electrons. The first-order chi connectivity index (χ1) is 12.6. The number of alkyl halides is 3. The lowest BCUT2D eigenvalue weighted by molar-refractivity contribution is -0.187. The molecule has 27 heavy (non-hydrogen) atoms. The van der Waals surface area contributed by atoms with Crippen LogP contribution in [0.15, 0.2) is 42.0 Å². The lowest BCUT2D eigenvalue weighted by Gasteiger charge is -2.29. The zero-order valence-electron chi connectivity index (χ0n) is 13.2. The fourth-order valence-electron chi connectivity index (χ4n) is 2.48. The minimum absolute atomic E-state index is 0.122. The van der Waals surface area contributed by atoms with E-state index in [9.17, 15) is 22.4 Å². The molecular formula is C17H10ClF4NO4. The van der Waals surface area contributed by atoms with Crippen molar-refractivity contribution in [2.75, 3.05) is 5.73 Å². The van der Waals surface area contributed by atoms with Gasteiger partial charge in [-0.25, -0.2) is 9.18 Å². The zero-order valence-corrected chi connectivity index (χ0v) is 13.9. The van der Waals surface area contributed by atoms with Crippen molar-refractivity contribution in [3.8, 4) is 17.2 Å². The fourth-order valence-corrected chi connectivity index (χ4v) is 2.81. The quantitative estimate of drug-likeness (QED) is 0.580. The highest BCUT2D eigenvalue weighted by Crippen LogP contribution is 2.48. The van der Waals surface area contributed by atoms with Crippen LogP contribution in [0.3, 0.4) is 0 Å². The van der Waals surface area contributed by atoms with Gasteiger partial charge in [-0.2, -0.15) is 13.2 Å². The number of hydrogen-bond acceptors (Lipinski definition) is 4. The van der Waals surface area contributed by atoms with Gasteiger partial charge in [-0.3, -0.25) is 0 Å². The number of carboxylic acid groups (broad SMARTS) is 1. The van der Waals surface area contributed by atoms with Crippen molar-refractivity contribution in [1.29, 1.82) is 0 Å². The molecule has 2 aromatic rings. The highest BCUT2D eigenvalue weighted by atomic mass is 35.5. The van der Waals surface area contributed by atoms with Crippen LogP contribution in [0.5, 0.6) is 17.2 Å². The van der Waals surface area contributed by atoms with E-state index < -0.39 is 40.4 Å². The van der Waals surface area contributed by atoms with E-state index in [4.69, 9.17) is 31.9 Å². The molecule has 2 aromatic carbocycles. The number of halogens is 5. The molecule has 0 saturated carbocycles. The number of benzene rings is 2. The lowest BCUT2D eigenvalue weighted by Crippen LogP contribution is -2.41. The SMILES string of the molecule is Nc1ccc(Oc2cccc3c2OC(C(F)(F)F)C(C(=O)O)=C3Cl)c(F)c1. The molecule has 1 heterocycles. The van der Waals surface area contributed by atoms with Crippen LogP contribution >= 0.6 is 11.6 Å². The topological polar surface area (TPSA) is 81.8 Å². The Hall–Kier alpha value is -2.94. The third-order valence-electron chi connectivity index (χ3n) is 3.65. The van der Waals surface area contributed by atoms with Crippen molar-refractivity contribution in [3.05, 3.63) is 53.4 Å². The summed E-state index contributed by atoms with van der Waals surface area (Å²) in [5, 5.41) is 8.48. The molecule has 1 aliphatic heterocycles. The van der Waals surface area contributed by atoms with Crippen LogP contribution in [0.4, 0.5) is 23.2 Å². The maximum Gasteiger partial charge on any atom is 0.430 e. The summed E-state index contributed by atoms with van der Waals surface area (Å²) < 4.78 is 64.0. The molecule has 0 spiro atoms. The number of para-hydroxylation sites is 1. The Morgan fingerprint density at radius 1 is 1.22 bits per heavy atom. The molecule has 1 aliphatic rings. The number of carbonyl (C=O) groups is 1. The van der Waals surface area contributed by atoms with Gasteiger partial charge in [-0.05, 0) is 24.3 Å². The Labute approximate surface area is 154 Å². The predicted octanol–water partition coefficient (Wildman–Crippen LogP) is 4.56. The number of rotatable bonds is 3. The summed E-state index contributed by atoms with van der Waals surface area (Å²) in [7, 11) is 0. The summed E-state index contributed by atoms with van der Waals surface area (Å²) in [4.78, 5) is 11.3. The van der Waals surface area contributed by atoms with Gasteiger partial charge >= 0.3 is 12.1 Å². The van der Waals surface area contributed by atoms with Gasteiger partial charge in [0.2, 0.25) is 6.10 Å². The molecule has 1 atom stereocenters. The third-order valence-corrected chi connectivity index (χ3v) is 4.06. The molecule has 3 rings (SSSR count). The molecule has 1 unspecified atom stereocenters. The van der Waals surface area contributed by atoms with E-state index in [1.807, 2.05) is 0 Å². The molecule has 0 saturated heterocycles. The number of ether oxygens (including phenoxy) is 2. The standard InChI is InChI=1S/C17H10ClF4NO4/c18-13-8-2-1-3-11(26-10-5-4-7(23)6-9(10)19)14(8)27-15(17(20,21)22)12(13)16(24)25/h1-6,15H,23H2,(H,24,25). The average molecular weight is 404 g/mol. The molecule has 0 radical (unpaired) electrons. The Morgan fingerprint density at radius 2 is 1.93 bits per heavy atom. The van der Waals surface area contributed by atoms with Crippen molar-refractivity contribution in [2.45, 2.75) is 12.3 Å². The largest absolute Gasteiger partial charge is 0.478 e. The molecule has 0 bridgehead atoms. The molecule has 0 aliphatic carbocycles. The van der Waals surface area contributed by atoms with Gasteiger partial charge < -0.3 is 20.3 Å². The molecule has 10 heteroatoms. The Balaban J connectivity index is 2.12. The van der Waals surface area contributed by atoms with Crippen LogP contribution in [0.1, 0.15) is 5.56 Å². The van der Waals surface area contributed by atoms with Crippen LogP contribution in [0.25, 0.3) is 5.03 Å². The second kappa shape index (κ2) is 6.66. The summed E-state index contributed by atoms with van der Waals surface area (Å²) in [5.41, 5.74) is 4.29. The third kappa shape index (κ3) is 3.50. The fraction of sp³-hybridized carbons (Fsp3) is 0.118. The summed E-state index contributed by atoms with van der Waals surface area (Å²) in [6.07, 6.45) is -7.86. The second-order valence-corrected chi connectivity index (χ2v) is 5.88. The molecule has 0 aromatic heterocycles. The van der Waals surface area contributed by atoms with Gasteiger partial charge in [0.15, 0.2) is 23.1 Å². The van der Waals surface area contributed by atoms with Crippen molar-refractivity contribution in [1.82, 2.24) is 0 Å². The second-order valence-electron chi connectivity index (χ2n) is 5.50. The van der Waals surface area contributed by atoms with Crippen LogP contribution in [-0.4, -0.2) is 23.4 Å². The monoisotopic (exact) mass is 403 g/mol. The normalized spacial score (nSPS) is 16.6. The van der Waals surface area contributed by atoms with Gasteiger partial charge in [0, 0.05) is 17.3 Å². The van der Waals surface area contributed by atoms with Gasteiger partial charge in [0.1, 0.15) is 5.57 Å². The summed E-state index contributed by atoms with van der Waals surface area (Å²) in [5.74, 6) is -3.75. The van der Waals surface area contributed by atoms with E-state index in [1.54, 1.807) is 0 Å². The van der Waals surface area contributed by atoms with E-state index in [1.165, 1.54) is 30.3 Å². The number of nitrogen functional groups attached to an aromatic ring is 1. The van der Waals surface area contributed by atoms with E-state index >= 15 is 0 Å². The van der Waals surface area contributed by atoms with Crippen molar-refractivity contribution in [3.63, 3.8) is 0 Å². The molecular weight excluding hydrogens is 394 g/mol. The van der Waals surface area contributed by atoms with E-state index in [0.717, 1.165) is 6.07 Å². The van der Waals surface area contributed by atoms with Crippen LogP contribution < -0.4 is 15.2 Å². The maximum atomic E-state index is 13.9. The highest BCUT2D eigenvalue weighted by molar-refractivity contribution is 6.51. The molecule has 3 N–H and O–H groups in total. The van der Waals surface area contributed by atoms with E-state index in [2.05, 4.69) is 0 Å². The summed E-state index contributed by atoms with van der Waals surface area (Å²) in [6.45, 7) is 0. The number of anilines is 1. The maximum absolute atomic E-state index is 13.9. The van der Waals surface area contributed by atoms with Crippen molar-refractivity contribution >= 4 is 28.3 Å². The first-order valence-electron chi connectivity index (χ1n) is 7.32. The lowest BCUT2D eigenvalue weighted by atomic mass is 10.0. The molecule has 5 nitrogen and oxygen atoms in total. The number of hydrogen-bond donors (Lipinski definition) is 2. The van der Waals surface area contributed by atoms with Gasteiger partial charge in [0.25, 0.3) is 0 Å². The molecule has 0 fully saturated rings. The van der Waals surface area contributed by atoms with Crippen LogP contribution in [-0.2, 0) is 4.79 Å². The first kappa shape index (κ1) is 18.8. The van der Waals surface area contributed by atoms with Crippen molar-refractivity contribution in [2.24, 2.45) is 0 Å². The van der Waals surface area contributed by atoms with Gasteiger partial charge in [-0.1, -0.05) is 17.7 Å². The number of carboxylic acids is 1. The smallest absolute Gasteiger partial charge is 0.430 e. The summed E-state index contributed by atoms with van der Waals surface area (Å²) in [6, 6.07) is 7.34. The number of aliphatic carboxylic acids is 1. The zero-order chi connectivity index (χ0) is 19.9. The van der Waals surface area contributed by atoms with E-state index in [0.29, 0.717) is 0 Å². The van der Waals surface area contributed by atoms with Crippen LogP contribution in [0, 0.1) is 5.82 Å². The minimum atomic E-state index is -5.05. The summed E-state index contributed by atoms with van der Waals surface area (Å²) >= 11 is 5.91. The molecule has 0 amide bonds. The Kier molecular flexibility index (Phi) is 4.64. The Morgan fingerprint density at radius 3 is 2.52 bits per heavy atom. The van der Waals surface area contributed by atoms with Gasteiger partial charge in [-0.15, -0.1) is 0 Å². The Bertz CT molecular complexity index is 958. The number of fused-ring (bicyclic) bond motifs is 1. The number of nitrogens with two attached hydrogens (primary N) is 1. The predicted molar refractivity (Wildman–Crippen MR) is 88.2 cm³/mol. The van der Waals surface area contributed by atoms with E-state index in [-0.39, 0.29) is 22.7 Å².